The number of likely N-dealkylation sites (N-methyl/N-ethyl adjacent to an activating group) is 1. The highest BCUT2D eigenvalue weighted by atomic mass is 32.2. The third-order valence-corrected chi connectivity index (χ3v) is 5.89. The molecular weight excluding hydrogens is 383 g/mol. The van der Waals surface area contributed by atoms with Crippen LogP contribution in [0.15, 0.2) is 77.7 Å². The maximum atomic E-state index is 13.8. The van der Waals surface area contributed by atoms with Crippen LogP contribution in [0.2, 0.25) is 0 Å². The molecule has 3 nitrogen and oxygen atoms in total. The number of ether oxygens (including phenoxy) is 1. The van der Waals surface area contributed by atoms with E-state index in [1.807, 2.05) is 37.4 Å². The van der Waals surface area contributed by atoms with Crippen LogP contribution in [0.1, 0.15) is 28.3 Å². The fourth-order valence-electron chi connectivity index (χ4n) is 3.59. The Kier molecular flexibility index (Phi) is 6.00. The van der Waals surface area contributed by atoms with Crippen LogP contribution < -0.4 is 14.8 Å². The van der Waals surface area contributed by atoms with Crippen LogP contribution in [0.25, 0.3) is 5.57 Å². The molecule has 0 saturated heterocycles. The fourth-order valence-corrected chi connectivity index (χ4v) is 4.42. The van der Waals surface area contributed by atoms with Crippen LogP contribution in [0.4, 0.5) is 4.39 Å². The highest BCUT2D eigenvalue weighted by Gasteiger charge is 2.24. The van der Waals surface area contributed by atoms with Crippen molar-refractivity contribution in [1.82, 2.24) is 10.0 Å². The molecule has 0 saturated carbocycles. The second-order valence-electron chi connectivity index (χ2n) is 6.85. The summed E-state index contributed by atoms with van der Waals surface area (Å²) in [5, 5.41) is 3.25. The van der Waals surface area contributed by atoms with Gasteiger partial charge in [-0.25, -0.2) is 4.39 Å². The zero-order chi connectivity index (χ0) is 20.2. The molecule has 1 atom stereocenters. The highest BCUT2D eigenvalue weighted by Crippen LogP contribution is 2.40. The van der Waals surface area contributed by atoms with Gasteiger partial charge < -0.3 is 10.1 Å². The van der Waals surface area contributed by atoms with Crippen molar-refractivity contribution in [2.24, 2.45) is 0 Å². The summed E-state index contributed by atoms with van der Waals surface area (Å²) in [4.78, 5) is 1.01. The van der Waals surface area contributed by atoms with Crippen molar-refractivity contribution in [2.45, 2.75) is 17.5 Å². The van der Waals surface area contributed by atoms with E-state index >= 15 is 0 Å². The fraction of sp³-hybridized carbons (Fsp3) is 0.167. The first kappa shape index (κ1) is 19.7. The number of nitrogens with one attached hydrogen (secondary N) is 2. The SMILES string of the molecule is CNC1C=C(c2ccc(OC)c(SNCc3ccccc3)c2)c2ccc(F)cc21. The first-order chi connectivity index (χ1) is 14.2. The lowest BCUT2D eigenvalue weighted by Gasteiger charge is -2.13. The first-order valence-corrected chi connectivity index (χ1v) is 10.3. The average molecular weight is 407 g/mol. The molecule has 0 amide bonds. The molecule has 0 radical (unpaired) electrons. The van der Waals surface area contributed by atoms with E-state index in [-0.39, 0.29) is 11.9 Å². The van der Waals surface area contributed by atoms with Crippen molar-refractivity contribution in [3.8, 4) is 5.75 Å². The van der Waals surface area contributed by atoms with Gasteiger partial charge in [0.25, 0.3) is 0 Å². The van der Waals surface area contributed by atoms with Gasteiger partial charge in [-0.1, -0.05) is 48.5 Å². The highest BCUT2D eigenvalue weighted by molar-refractivity contribution is 7.97. The molecule has 1 aliphatic rings. The Labute approximate surface area is 175 Å². The van der Waals surface area contributed by atoms with E-state index in [1.165, 1.54) is 11.6 Å². The molecule has 3 aromatic rings. The van der Waals surface area contributed by atoms with E-state index in [1.54, 1.807) is 25.1 Å². The van der Waals surface area contributed by atoms with E-state index in [9.17, 15) is 4.39 Å². The summed E-state index contributed by atoms with van der Waals surface area (Å²) in [7, 11) is 3.57. The van der Waals surface area contributed by atoms with Crippen molar-refractivity contribution in [3.63, 3.8) is 0 Å². The second kappa shape index (κ2) is 8.82. The Morgan fingerprint density at radius 1 is 1.03 bits per heavy atom. The van der Waals surface area contributed by atoms with Gasteiger partial charge in [0.15, 0.2) is 0 Å². The summed E-state index contributed by atoms with van der Waals surface area (Å²) in [6, 6.07) is 21.4. The zero-order valence-corrected chi connectivity index (χ0v) is 17.2. The van der Waals surface area contributed by atoms with Crippen LogP contribution in [-0.2, 0) is 6.54 Å². The smallest absolute Gasteiger partial charge is 0.133 e. The van der Waals surface area contributed by atoms with E-state index in [4.69, 9.17) is 4.74 Å². The number of hydrogen-bond acceptors (Lipinski definition) is 4. The normalized spacial score (nSPS) is 15.1. The molecule has 2 N–H and O–H groups in total. The molecule has 29 heavy (non-hydrogen) atoms. The van der Waals surface area contributed by atoms with Gasteiger partial charge in [0.2, 0.25) is 0 Å². The Hall–Kier alpha value is -2.60. The molecule has 0 bridgehead atoms. The van der Waals surface area contributed by atoms with Crippen molar-refractivity contribution < 1.29 is 9.13 Å². The van der Waals surface area contributed by atoms with Crippen molar-refractivity contribution in [1.29, 1.82) is 0 Å². The molecule has 0 aromatic heterocycles. The minimum atomic E-state index is -0.213. The average Bonchev–Trinajstić information content (AvgIpc) is 3.12. The lowest BCUT2D eigenvalue weighted by molar-refractivity contribution is 0.404. The lowest BCUT2D eigenvalue weighted by Crippen LogP contribution is -2.12. The van der Waals surface area contributed by atoms with Gasteiger partial charge in [-0.3, -0.25) is 4.72 Å². The summed E-state index contributed by atoms with van der Waals surface area (Å²) in [5.74, 6) is 0.608. The van der Waals surface area contributed by atoms with Gasteiger partial charge in [-0.15, -0.1) is 0 Å². The topological polar surface area (TPSA) is 33.3 Å². The quantitative estimate of drug-likeness (QED) is 0.519. The van der Waals surface area contributed by atoms with Gasteiger partial charge in [0, 0.05) is 6.54 Å². The molecule has 4 rings (SSSR count). The maximum Gasteiger partial charge on any atom is 0.133 e. The van der Waals surface area contributed by atoms with Crippen molar-refractivity contribution >= 4 is 17.5 Å². The third kappa shape index (κ3) is 4.22. The van der Waals surface area contributed by atoms with Crippen molar-refractivity contribution in [3.05, 3.63) is 101 Å². The first-order valence-electron chi connectivity index (χ1n) is 9.50. The van der Waals surface area contributed by atoms with Crippen LogP contribution >= 0.6 is 11.9 Å². The third-order valence-electron chi connectivity index (χ3n) is 5.06. The molecule has 0 aliphatic heterocycles. The number of benzene rings is 3. The van der Waals surface area contributed by atoms with Crippen LogP contribution in [0, 0.1) is 5.82 Å². The van der Waals surface area contributed by atoms with E-state index < -0.39 is 0 Å². The summed E-state index contributed by atoms with van der Waals surface area (Å²) in [6.45, 7) is 0.755. The molecular formula is C24H23FN2OS. The second-order valence-corrected chi connectivity index (χ2v) is 7.79. The van der Waals surface area contributed by atoms with E-state index in [2.05, 4.69) is 40.4 Å². The minimum absolute atomic E-state index is 0.00473. The monoisotopic (exact) mass is 406 g/mol. The van der Waals surface area contributed by atoms with Gasteiger partial charge in [0.05, 0.1) is 18.0 Å². The summed E-state index contributed by atoms with van der Waals surface area (Å²) < 4.78 is 22.7. The Bertz CT molecular complexity index is 1040. The number of fused-ring (bicyclic) bond motifs is 1. The summed E-state index contributed by atoms with van der Waals surface area (Å²) in [6.07, 6.45) is 2.15. The zero-order valence-electron chi connectivity index (χ0n) is 16.4. The molecule has 3 aromatic carbocycles. The summed E-state index contributed by atoms with van der Waals surface area (Å²) >= 11 is 1.55. The number of hydrogen-bond donors (Lipinski definition) is 2. The van der Waals surface area contributed by atoms with Crippen LogP contribution in [0.5, 0.6) is 5.75 Å². The molecule has 0 spiro atoms. The standard InChI is InChI=1S/C24H23FN2OS/c1-26-22-14-20(19-10-9-18(25)13-21(19)22)17-8-11-23(28-2)24(12-17)29-27-15-16-6-4-3-5-7-16/h3-14,22,26-27H,15H2,1-2H3. The van der Waals surface area contributed by atoms with E-state index in [0.717, 1.165) is 39.5 Å². The Balaban J connectivity index is 1.60. The van der Waals surface area contributed by atoms with Gasteiger partial charge in [-0.2, -0.15) is 0 Å². The molecule has 1 aliphatic carbocycles. The van der Waals surface area contributed by atoms with Crippen LogP contribution in [-0.4, -0.2) is 14.2 Å². The van der Waals surface area contributed by atoms with Gasteiger partial charge in [-0.05, 0) is 71.1 Å². The van der Waals surface area contributed by atoms with Crippen LogP contribution in [0.3, 0.4) is 0 Å². The molecule has 5 heteroatoms. The predicted octanol–water partition coefficient (Wildman–Crippen LogP) is 5.34. The molecule has 1 unspecified atom stereocenters. The predicted molar refractivity (Wildman–Crippen MR) is 117 cm³/mol. The van der Waals surface area contributed by atoms with Crippen molar-refractivity contribution in [2.75, 3.05) is 14.2 Å². The molecule has 0 heterocycles. The van der Waals surface area contributed by atoms with E-state index in [0.29, 0.717) is 0 Å². The van der Waals surface area contributed by atoms with Gasteiger partial charge >= 0.3 is 0 Å². The number of halogens is 1. The Morgan fingerprint density at radius 2 is 1.86 bits per heavy atom. The summed E-state index contributed by atoms with van der Waals surface area (Å²) in [5.41, 5.74) is 5.44. The lowest BCUT2D eigenvalue weighted by atomic mass is 9.99. The Morgan fingerprint density at radius 3 is 2.62 bits per heavy atom. The molecule has 148 valence electrons. The van der Waals surface area contributed by atoms with Gasteiger partial charge in [0.1, 0.15) is 11.6 Å². The maximum absolute atomic E-state index is 13.8. The number of rotatable bonds is 7. The minimum Gasteiger partial charge on any atom is -0.496 e. The largest absolute Gasteiger partial charge is 0.496 e. The molecule has 0 fully saturated rings. The number of methoxy groups -OCH3 is 1.